The average Bonchev–Trinajstić information content (AvgIpc) is 1.66. The number of hydrogen-bond donors (Lipinski definition) is 6. The highest BCUT2D eigenvalue weighted by Crippen LogP contribution is 2.64. The minimum atomic E-state index is -2.55. The summed E-state index contributed by atoms with van der Waals surface area (Å²) >= 11 is 0. The second-order valence-corrected chi connectivity index (χ2v) is 22.2. The number of esters is 4. The minimum absolute atomic E-state index is 0.0123. The van der Waals surface area contributed by atoms with Crippen LogP contribution in [-0.4, -0.2) is 128 Å². The van der Waals surface area contributed by atoms with Crippen LogP contribution in [-0.2, 0) is 47.6 Å². The molecule has 8 rings (SSSR count). The van der Waals surface area contributed by atoms with Gasteiger partial charge in [0.2, 0.25) is 0 Å². The van der Waals surface area contributed by atoms with Crippen molar-refractivity contribution < 1.29 is 82.4 Å². The third-order valence-corrected chi connectivity index (χ3v) is 15.8. The summed E-state index contributed by atoms with van der Waals surface area (Å²) in [5.41, 5.74) is -8.96. The number of ketones is 1. The maximum atomic E-state index is 16.0. The highest BCUT2D eigenvalue weighted by atomic mass is 16.6. The lowest BCUT2D eigenvalue weighted by molar-refractivity contribution is -0.346. The quantitative estimate of drug-likeness (QED) is 0.0528. The van der Waals surface area contributed by atoms with Crippen molar-refractivity contribution in [3.05, 3.63) is 155 Å². The van der Waals surface area contributed by atoms with Crippen LogP contribution in [0.15, 0.2) is 132 Å². The van der Waals surface area contributed by atoms with Gasteiger partial charge in [0.15, 0.2) is 23.6 Å². The zero-order chi connectivity index (χ0) is 56.7. The SMILES string of the molecule is CC(=O)O[C@@]12CO[C@@H]1C[C@H](OC(=O)C(O)C(NC(=O)OC(C)(C)C)c1ccccc1)[C@@]1(C)C(=O)[C@H](O)C3=C(C)[C@@H](OC(=O)[C@H](O)[C@@H](NC(=O)c4ccccc4)c4ccccc4)C[C@@](O)(C(OC(=O)c4ccccc4)C12)C3(C)C. The van der Waals surface area contributed by atoms with Gasteiger partial charge in [0.1, 0.15) is 41.7 Å². The van der Waals surface area contributed by atoms with E-state index in [1.807, 2.05) is 0 Å². The molecule has 4 unspecified atom stereocenters. The van der Waals surface area contributed by atoms with Gasteiger partial charge < -0.3 is 59.5 Å². The zero-order valence-corrected chi connectivity index (χ0v) is 44.5. The molecule has 2 saturated carbocycles. The number of benzene rings is 4. The van der Waals surface area contributed by atoms with Crippen LogP contribution >= 0.6 is 0 Å². The first kappa shape index (κ1) is 56.9. The molecule has 19 nitrogen and oxygen atoms in total. The lowest BCUT2D eigenvalue weighted by Gasteiger charge is -2.67. The van der Waals surface area contributed by atoms with Crippen molar-refractivity contribution in [1.82, 2.24) is 10.6 Å². The maximum absolute atomic E-state index is 16.0. The summed E-state index contributed by atoms with van der Waals surface area (Å²) < 4.78 is 36.6. The summed E-state index contributed by atoms with van der Waals surface area (Å²) in [4.78, 5) is 100. The highest BCUT2D eigenvalue weighted by molar-refractivity contribution is 5.96. The van der Waals surface area contributed by atoms with E-state index in [-0.39, 0.29) is 27.8 Å². The average molecular weight is 1080 g/mol. The molecular formula is C59H66N2O17. The molecular weight excluding hydrogens is 1010 g/mol. The first-order chi connectivity index (χ1) is 36.7. The first-order valence-corrected chi connectivity index (χ1v) is 25.7. The van der Waals surface area contributed by atoms with E-state index in [9.17, 15) is 49.2 Å². The summed E-state index contributed by atoms with van der Waals surface area (Å²) in [5.74, 6) is -8.03. The molecule has 4 aliphatic rings. The summed E-state index contributed by atoms with van der Waals surface area (Å²) in [6, 6.07) is 29.0. The van der Waals surface area contributed by atoms with E-state index in [4.69, 9.17) is 28.4 Å². The van der Waals surface area contributed by atoms with Gasteiger partial charge in [-0.3, -0.25) is 14.4 Å². The van der Waals surface area contributed by atoms with Gasteiger partial charge in [0.25, 0.3) is 5.91 Å². The van der Waals surface area contributed by atoms with Gasteiger partial charge in [-0.1, -0.05) is 111 Å². The molecule has 19 heteroatoms. The molecule has 0 aromatic heterocycles. The Kier molecular flexibility index (Phi) is 15.9. The number of carbonyl (C=O) groups excluding carboxylic acids is 7. The van der Waals surface area contributed by atoms with Gasteiger partial charge in [-0.05, 0) is 81.2 Å². The fourth-order valence-electron chi connectivity index (χ4n) is 11.9. The summed E-state index contributed by atoms with van der Waals surface area (Å²) in [5, 5.41) is 55.9. The number of amides is 2. The van der Waals surface area contributed by atoms with Crippen LogP contribution in [0.3, 0.4) is 0 Å². The van der Waals surface area contributed by atoms with Gasteiger partial charge >= 0.3 is 30.0 Å². The number of alkyl carbamates (subject to hydrolysis) is 1. The number of aliphatic hydroxyl groups is 4. The lowest BCUT2D eigenvalue weighted by atomic mass is 9.44. The van der Waals surface area contributed by atoms with Gasteiger partial charge in [-0.25, -0.2) is 19.2 Å². The molecule has 4 aromatic rings. The molecule has 0 spiro atoms. The minimum Gasteiger partial charge on any atom is -0.459 e. The molecule has 2 bridgehead atoms. The van der Waals surface area contributed by atoms with Crippen LogP contribution in [0.1, 0.15) is 112 Å². The molecule has 13 atom stereocenters. The molecule has 2 amide bonds. The molecule has 6 N–H and O–H groups in total. The molecule has 1 saturated heterocycles. The Morgan fingerprint density at radius 3 is 1.72 bits per heavy atom. The molecule has 78 heavy (non-hydrogen) atoms. The smallest absolute Gasteiger partial charge is 0.408 e. The fourth-order valence-corrected chi connectivity index (χ4v) is 11.9. The van der Waals surface area contributed by atoms with Crippen molar-refractivity contribution in [3.63, 3.8) is 0 Å². The third-order valence-electron chi connectivity index (χ3n) is 15.8. The molecule has 1 heterocycles. The highest BCUT2D eigenvalue weighted by Gasteiger charge is 2.79. The molecule has 3 aliphatic carbocycles. The van der Waals surface area contributed by atoms with Gasteiger partial charge in [-0.2, -0.15) is 0 Å². The van der Waals surface area contributed by atoms with Crippen LogP contribution in [0.5, 0.6) is 0 Å². The van der Waals surface area contributed by atoms with Crippen molar-refractivity contribution >= 4 is 41.7 Å². The summed E-state index contributed by atoms with van der Waals surface area (Å²) in [6.07, 6.45) is -15.2. The van der Waals surface area contributed by atoms with Crippen molar-refractivity contribution in [1.29, 1.82) is 0 Å². The standard InChI is InChI=1S/C59H66N2O17/c1-32-38(74-52(69)45(64)42(34-21-13-9-14-22-34)60-50(67)36-25-17-11-18-26-36)30-59(72)49(76-51(68)37-27-19-12-20-28-37)47-57(8,48(66)44(63)41(32)56(59,6)7)39(29-40-58(47,31-73-40)77-33(2)62)75-53(70)46(65)43(35-23-15-10-16-24-35)61-54(71)78-55(3,4)5/h9-28,38-40,42-47,49,63-65,72H,29-31H2,1-8H3,(H,60,67)(H,61,71)/t38-,39-,40+,42-,43?,44+,45+,46?,47?,49?,57+,58-,59+/m0/s1. The second kappa shape index (κ2) is 21.9. The number of rotatable bonds is 14. The maximum Gasteiger partial charge on any atom is 0.408 e. The Morgan fingerprint density at radius 1 is 0.718 bits per heavy atom. The Bertz CT molecular complexity index is 2950. The Morgan fingerprint density at radius 2 is 1.22 bits per heavy atom. The number of fused-ring (bicyclic) bond motifs is 5. The topological polar surface area (TPSA) is 280 Å². The largest absolute Gasteiger partial charge is 0.459 e. The normalized spacial score (nSPS) is 28.6. The molecule has 1 aliphatic heterocycles. The van der Waals surface area contributed by atoms with E-state index >= 15 is 4.79 Å². The van der Waals surface area contributed by atoms with Crippen molar-refractivity contribution in [2.45, 2.75) is 140 Å². The lowest BCUT2D eigenvalue weighted by Crippen LogP contribution is -2.82. The van der Waals surface area contributed by atoms with Crippen molar-refractivity contribution in [2.75, 3.05) is 6.61 Å². The molecule has 0 radical (unpaired) electrons. The number of nitrogens with one attached hydrogen (secondary N) is 2. The molecule has 3 fully saturated rings. The van der Waals surface area contributed by atoms with E-state index in [1.54, 1.807) is 130 Å². The fraction of sp³-hybridized carbons (Fsp3) is 0.441. The molecule has 4 aromatic carbocycles. The van der Waals surface area contributed by atoms with E-state index in [2.05, 4.69) is 10.6 Å². The monoisotopic (exact) mass is 1070 g/mol. The zero-order valence-electron chi connectivity index (χ0n) is 44.5. The van der Waals surface area contributed by atoms with Gasteiger partial charge in [0, 0.05) is 30.7 Å². The summed E-state index contributed by atoms with van der Waals surface area (Å²) in [6.45, 7) is 11.3. The van der Waals surface area contributed by atoms with Crippen molar-refractivity contribution in [3.8, 4) is 0 Å². The Hall–Kier alpha value is -7.29. The van der Waals surface area contributed by atoms with Crippen LogP contribution in [0, 0.1) is 16.7 Å². The van der Waals surface area contributed by atoms with Crippen LogP contribution in [0.2, 0.25) is 0 Å². The van der Waals surface area contributed by atoms with E-state index in [1.165, 1.54) is 39.8 Å². The Balaban J connectivity index is 1.25. The number of ether oxygens (including phenoxy) is 6. The number of aliphatic hydroxyl groups excluding tert-OH is 3. The van der Waals surface area contributed by atoms with E-state index in [0.29, 0.717) is 5.56 Å². The van der Waals surface area contributed by atoms with E-state index < -0.39 is 149 Å². The van der Waals surface area contributed by atoms with Crippen LogP contribution < -0.4 is 10.6 Å². The molecule has 414 valence electrons. The Labute approximate surface area is 451 Å². The number of carbonyl (C=O) groups is 7. The second-order valence-electron chi connectivity index (χ2n) is 22.2. The van der Waals surface area contributed by atoms with Crippen molar-refractivity contribution in [2.24, 2.45) is 16.7 Å². The predicted octanol–water partition coefficient (Wildman–Crippen LogP) is 5.34. The number of hydrogen-bond acceptors (Lipinski definition) is 17. The number of Topliss-reactive ketones (excluding diaryl/α,β-unsaturated/α-hetero) is 1. The van der Waals surface area contributed by atoms with Crippen LogP contribution in [0.4, 0.5) is 4.79 Å². The summed E-state index contributed by atoms with van der Waals surface area (Å²) in [7, 11) is 0. The predicted molar refractivity (Wildman–Crippen MR) is 277 cm³/mol. The third kappa shape index (κ3) is 10.6. The van der Waals surface area contributed by atoms with Gasteiger partial charge in [0.05, 0.1) is 35.6 Å². The van der Waals surface area contributed by atoms with E-state index in [0.717, 1.165) is 6.92 Å². The first-order valence-electron chi connectivity index (χ1n) is 25.7. The van der Waals surface area contributed by atoms with Gasteiger partial charge in [-0.15, -0.1) is 0 Å². The van der Waals surface area contributed by atoms with Crippen LogP contribution in [0.25, 0.3) is 0 Å².